The van der Waals surface area contributed by atoms with Crippen molar-refractivity contribution in [1.29, 1.82) is 0 Å². The Morgan fingerprint density at radius 2 is 1.38 bits per heavy atom. The van der Waals surface area contributed by atoms with E-state index in [0.29, 0.717) is 0 Å². The third-order valence-electron chi connectivity index (χ3n) is 2.34. The van der Waals surface area contributed by atoms with Crippen molar-refractivity contribution in [3.05, 3.63) is 29.1 Å². The number of halogens is 5. The predicted molar refractivity (Wildman–Crippen MR) is 69.2 cm³/mol. The molecule has 2 nitrogen and oxygen atoms in total. The fourth-order valence-electron chi connectivity index (χ4n) is 1.52. The molecule has 0 aliphatic carbocycles. The lowest BCUT2D eigenvalue weighted by Crippen LogP contribution is -2.22. The minimum Gasteiger partial charge on any atom is -0.298 e. The first-order chi connectivity index (χ1) is 9.54. The van der Waals surface area contributed by atoms with Crippen molar-refractivity contribution in [1.82, 2.24) is 4.72 Å². The van der Waals surface area contributed by atoms with Gasteiger partial charge in [0.2, 0.25) is 5.82 Å². The fourth-order valence-corrected chi connectivity index (χ4v) is 2.25. The second-order valence-electron chi connectivity index (χ2n) is 5.60. The molecule has 0 fully saturated rings. The van der Waals surface area contributed by atoms with Gasteiger partial charge in [0, 0.05) is 6.42 Å². The molecule has 0 radical (unpaired) electrons. The summed E-state index contributed by atoms with van der Waals surface area (Å²) < 4.78 is 67.7. The Bertz CT molecular complexity index is 527. The molecule has 0 unspecified atom stereocenters. The quantitative estimate of drug-likeness (QED) is 0.384. The number of ketones is 1. The molecule has 21 heavy (non-hydrogen) atoms. The van der Waals surface area contributed by atoms with Gasteiger partial charge in [-0.15, -0.1) is 0 Å². The molecule has 0 spiro atoms. The van der Waals surface area contributed by atoms with Crippen LogP contribution in [0.1, 0.15) is 27.2 Å². The Morgan fingerprint density at radius 1 is 0.952 bits per heavy atom. The summed E-state index contributed by atoms with van der Waals surface area (Å²) in [4.78, 5) is 10.5. The van der Waals surface area contributed by atoms with E-state index in [2.05, 4.69) is 4.72 Å². The van der Waals surface area contributed by atoms with Gasteiger partial charge in [-0.05, 0) is 17.4 Å². The van der Waals surface area contributed by atoms with Gasteiger partial charge in [0.05, 0.1) is 6.54 Å². The molecule has 0 aromatic heterocycles. The van der Waals surface area contributed by atoms with Crippen LogP contribution in [0.4, 0.5) is 22.0 Å². The smallest absolute Gasteiger partial charge is 0.200 e. The number of rotatable bonds is 5. The molecule has 0 aliphatic heterocycles. The van der Waals surface area contributed by atoms with Crippen LogP contribution in [0.2, 0.25) is 0 Å². The first kappa shape index (κ1) is 17.9. The third kappa shape index (κ3) is 4.67. The van der Waals surface area contributed by atoms with Crippen molar-refractivity contribution in [2.24, 2.45) is 5.41 Å². The zero-order chi connectivity index (χ0) is 16.4. The second kappa shape index (κ2) is 6.74. The number of carbonyl (C=O) groups excluding carboxylic acids is 1. The summed E-state index contributed by atoms with van der Waals surface area (Å²) in [6.45, 7) is 5.26. The molecule has 1 aromatic rings. The average molecular weight is 327 g/mol. The number of hydrogen-bond acceptors (Lipinski definition) is 3. The first-order valence-corrected chi connectivity index (χ1v) is 6.79. The van der Waals surface area contributed by atoms with E-state index >= 15 is 0 Å². The first-order valence-electron chi connectivity index (χ1n) is 5.97. The Hall–Kier alpha value is -1.15. The number of nitrogens with one attached hydrogen (secondary N) is 1. The minimum absolute atomic E-state index is 0.198. The predicted octanol–water partition coefficient (Wildman–Crippen LogP) is 3.98. The van der Waals surface area contributed by atoms with Crippen LogP contribution in [-0.2, 0) is 4.79 Å². The molecular formula is C13H14F5NOS. The molecule has 0 bridgehead atoms. The zero-order valence-corrected chi connectivity index (χ0v) is 12.4. The van der Waals surface area contributed by atoms with Gasteiger partial charge in [0.1, 0.15) is 10.7 Å². The van der Waals surface area contributed by atoms with E-state index in [9.17, 15) is 26.7 Å². The summed E-state index contributed by atoms with van der Waals surface area (Å²) in [5.41, 5.74) is -0.256. The molecule has 1 aromatic carbocycles. The zero-order valence-electron chi connectivity index (χ0n) is 11.6. The van der Waals surface area contributed by atoms with Crippen molar-refractivity contribution in [3.8, 4) is 0 Å². The van der Waals surface area contributed by atoms with E-state index in [-0.39, 0.29) is 36.1 Å². The van der Waals surface area contributed by atoms with Crippen LogP contribution in [0.3, 0.4) is 0 Å². The van der Waals surface area contributed by atoms with Crippen LogP contribution >= 0.6 is 11.9 Å². The Kier molecular flexibility index (Phi) is 5.75. The van der Waals surface area contributed by atoms with E-state index in [4.69, 9.17) is 0 Å². The third-order valence-corrected chi connectivity index (χ3v) is 3.19. The standard InChI is InChI=1S/C13H14F5NOS/c1-13(2,3)4-6(20)5-19-21-12-10(17)8(15)7(14)9(16)11(12)18/h19H,4-5H2,1-3H3. The van der Waals surface area contributed by atoms with Gasteiger partial charge in [0.25, 0.3) is 0 Å². The van der Waals surface area contributed by atoms with Gasteiger partial charge in [-0.1, -0.05) is 20.8 Å². The molecule has 0 atom stereocenters. The Balaban J connectivity index is 2.75. The normalized spacial score (nSPS) is 11.8. The Labute approximate surface area is 123 Å². The van der Waals surface area contributed by atoms with E-state index in [1.54, 1.807) is 0 Å². The summed E-state index contributed by atoms with van der Waals surface area (Å²) >= 11 is 0.198. The molecule has 8 heteroatoms. The average Bonchev–Trinajstić information content (AvgIpc) is 2.36. The van der Waals surface area contributed by atoms with E-state index in [0.717, 1.165) is 0 Å². The maximum Gasteiger partial charge on any atom is 0.200 e. The van der Waals surface area contributed by atoms with Crippen LogP contribution in [0.15, 0.2) is 4.90 Å². The van der Waals surface area contributed by atoms with Gasteiger partial charge in [-0.2, -0.15) is 0 Å². The molecule has 0 aliphatic rings. The van der Waals surface area contributed by atoms with Crippen molar-refractivity contribution < 1.29 is 26.7 Å². The highest BCUT2D eigenvalue weighted by molar-refractivity contribution is 7.97. The summed E-state index contributed by atoms with van der Waals surface area (Å²) in [6.07, 6.45) is 0.220. The maximum atomic E-state index is 13.3. The summed E-state index contributed by atoms with van der Waals surface area (Å²) in [5.74, 6) is -10.3. The van der Waals surface area contributed by atoms with Gasteiger partial charge in [-0.3, -0.25) is 9.52 Å². The molecule has 1 rings (SSSR count). The lowest BCUT2D eigenvalue weighted by Gasteiger charge is -2.16. The summed E-state index contributed by atoms with van der Waals surface area (Å²) in [7, 11) is 0. The van der Waals surface area contributed by atoms with Crippen LogP contribution in [0.25, 0.3) is 0 Å². The molecule has 0 saturated heterocycles. The number of hydrogen-bond donors (Lipinski definition) is 1. The van der Waals surface area contributed by atoms with Crippen LogP contribution < -0.4 is 4.72 Å². The molecule has 0 heterocycles. The van der Waals surface area contributed by atoms with Crippen LogP contribution in [0, 0.1) is 34.5 Å². The fraction of sp³-hybridized carbons (Fsp3) is 0.462. The SMILES string of the molecule is CC(C)(C)CC(=O)CNSc1c(F)c(F)c(F)c(F)c1F. The lowest BCUT2D eigenvalue weighted by molar-refractivity contribution is -0.119. The highest BCUT2D eigenvalue weighted by atomic mass is 32.2. The summed E-state index contributed by atoms with van der Waals surface area (Å²) in [6, 6.07) is 0. The van der Waals surface area contributed by atoms with E-state index < -0.39 is 34.0 Å². The Morgan fingerprint density at radius 3 is 1.81 bits per heavy atom. The molecule has 1 N–H and O–H groups in total. The molecule has 118 valence electrons. The number of benzene rings is 1. The number of carbonyl (C=O) groups is 1. The molecule has 0 saturated carbocycles. The van der Waals surface area contributed by atoms with E-state index in [1.807, 2.05) is 20.8 Å². The highest BCUT2D eigenvalue weighted by Gasteiger charge is 2.26. The van der Waals surface area contributed by atoms with Gasteiger partial charge in [0.15, 0.2) is 23.3 Å². The van der Waals surface area contributed by atoms with Crippen LogP contribution in [0.5, 0.6) is 0 Å². The monoisotopic (exact) mass is 327 g/mol. The largest absolute Gasteiger partial charge is 0.298 e. The molecular weight excluding hydrogens is 313 g/mol. The summed E-state index contributed by atoms with van der Waals surface area (Å²) in [5, 5.41) is 0. The molecule has 0 amide bonds. The van der Waals surface area contributed by atoms with Crippen molar-refractivity contribution in [3.63, 3.8) is 0 Å². The van der Waals surface area contributed by atoms with Gasteiger partial charge >= 0.3 is 0 Å². The topological polar surface area (TPSA) is 29.1 Å². The van der Waals surface area contributed by atoms with Crippen molar-refractivity contribution >= 4 is 17.7 Å². The van der Waals surface area contributed by atoms with Crippen LogP contribution in [-0.4, -0.2) is 12.3 Å². The highest BCUT2D eigenvalue weighted by Crippen LogP contribution is 2.29. The maximum absolute atomic E-state index is 13.3. The van der Waals surface area contributed by atoms with Crippen molar-refractivity contribution in [2.45, 2.75) is 32.1 Å². The minimum atomic E-state index is -2.21. The lowest BCUT2D eigenvalue weighted by atomic mass is 9.90. The number of Topliss-reactive ketones (excluding diaryl/α,β-unsaturated/α-hetero) is 1. The van der Waals surface area contributed by atoms with Gasteiger partial charge < -0.3 is 0 Å². The van der Waals surface area contributed by atoms with E-state index in [1.165, 1.54) is 0 Å². The van der Waals surface area contributed by atoms with Gasteiger partial charge in [-0.25, -0.2) is 22.0 Å². The van der Waals surface area contributed by atoms with Crippen molar-refractivity contribution in [2.75, 3.05) is 6.54 Å². The second-order valence-corrected chi connectivity index (χ2v) is 6.50.